The molecule has 1 aromatic rings. The predicted molar refractivity (Wildman–Crippen MR) is 138 cm³/mol. The second-order valence-corrected chi connectivity index (χ2v) is 8.37. The first-order chi connectivity index (χ1) is 17.0. The van der Waals surface area contributed by atoms with E-state index in [-0.39, 0.29) is 24.0 Å². The van der Waals surface area contributed by atoms with Crippen LogP contribution in [0.1, 0.15) is 56.9 Å². The Labute approximate surface area is 207 Å². The van der Waals surface area contributed by atoms with Crippen LogP contribution in [0.3, 0.4) is 0 Å². The second-order valence-electron chi connectivity index (χ2n) is 8.37. The molecule has 0 unspecified atom stereocenters. The summed E-state index contributed by atoms with van der Waals surface area (Å²) in [7, 11) is 1.51. The Kier molecular flexibility index (Phi) is 12.8. The van der Waals surface area contributed by atoms with Crippen molar-refractivity contribution in [1.29, 1.82) is 0 Å². The zero-order chi connectivity index (χ0) is 25.3. The molecule has 0 bridgehead atoms. The van der Waals surface area contributed by atoms with Gasteiger partial charge in [0.05, 0.1) is 13.2 Å². The number of aliphatic imine (C=N–C) groups is 2. The van der Waals surface area contributed by atoms with Gasteiger partial charge in [0.15, 0.2) is 11.9 Å². The van der Waals surface area contributed by atoms with E-state index in [0.717, 1.165) is 62.7 Å². The first kappa shape index (κ1) is 27.7. The van der Waals surface area contributed by atoms with E-state index in [4.69, 9.17) is 16.2 Å². The van der Waals surface area contributed by atoms with Crippen LogP contribution in [-0.4, -0.2) is 62.2 Å². The molecule has 35 heavy (non-hydrogen) atoms. The molecule has 0 fully saturated rings. The molecular formula is C24H40N8O3. The van der Waals surface area contributed by atoms with Crippen molar-refractivity contribution in [2.75, 3.05) is 33.3 Å². The van der Waals surface area contributed by atoms with Crippen LogP contribution in [0.2, 0.25) is 0 Å². The largest absolute Gasteiger partial charge is 0.493 e. The highest BCUT2D eigenvalue weighted by atomic mass is 16.5. The number of fused-ring (bicyclic) bond motifs is 1. The van der Waals surface area contributed by atoms with Gasteiger partial charge in [0, 0.05) is 32.2 Å². The summed E-state index contributed by atoms with van der Waals surface area (Å²) < 4.78 is 5.93. The molecule has 1 aromatic carbocycles. The predicted octanol–water partition coefficient (Wildman–Crippen LogP) is 2.27. The van der Waals surface area contributed by atoms with Crippen LogP contribution in [0.4, 0.5) is 9.59 Å². The number of unbranched alkanes of at least 4 members (excludes halogenated alkanes) is 3. The van der Waals surface area contributed by atoms with Crippen molar-refractivity contribution >= 4 is 24.0 Å². The van der Waals surface area contributed by atoms with Gasteiger partial charge in [0.1, 0.15) is 5.75 Å². The zero-order valence-electron chi connectivity index (χ0n) is 20.7. The number of amides is 4. The summed E-state index contributed by atoms with van der Waals surface area (Å²) in [4.78, 5) is 34.3. The Morgan fingerprint density at radius 3 is 2.77 bits per heavy atom. The topological polar surface area (TPSA) is 159 Å². The van der Waals surface area contributed by atoms with E-state index in [1.807, 2.05) is 29.2 Å². The van der Waals surface area contributed by atoms with Gasteiger partial charge in [-0.15, -0.1) is 0 Å². The summed E-state index contributed by atoms with van der Waals surface area (Å²) in [6.45, 7) is 2.86. The Morgan fingerprint density at radius 2 is 1.94 bits per heavy atom. The number of carbonyl (C=O) groups is 2. The number of guanidine groups is 2. The summed E-state index contributed by atoms with van der Waals surface area (Å²) in [6, 6.07) is 7.15. The molecule has 11 nitrogen and oxygen atoms in total. The van der Waals surface area contributed by atoms with Gasteiger partial charge in [0.2, 0.25) is 0 Å². The lowest BCUT2D eigenvalue weighted by Gasteiger charge is -2.23. The van der Waals surface area contributed by atoms with Crippen LogP contribution in [0.15, 0.2) is 34.3 Å². The zero-order valence-corrected chi connectivity index (χ0v) is 20.7. The van der Waals surface area contributed by atoms with E-state index < -0.39 is 0 Å². The van der Waals surface area contributed by atoms with Crippen LogP contribution < -0.4 is 32.2 Å². The third kappa shape index (κ3) is 11.5. The maximum Gasteiger partial charge on any atom is 0.324 e. The van der Waals surface area contributed by atoms with Crippen molar-refractivity contribution in [2.45, 2.75) is 57.9 Å². The number of nitrogens with one attached hydrogen (secondary N) is 3. The van der Waals surface area contributed by atoms with Gasteiger partial charge in [-0.3, -0.25) is 15.6 Å². The Morgan fingerprint density at radius 1 is 1.17 bits per heavy atom. The first-order valence-corrected chi connectivity index (χ1v) is 12.3. The number of benzene rings is 1. The molecule has 0 atom stereocenters. The molecular weight excluding hydrogens is 448 g/mol. The molecule has 1 aliphatic rings. The molecule has 11 heteroatoms. The fourth-order valence-corrected chi connectivity index (χ4v) is 3.61. The summed E-state index contributed by atoms with van der Waals surface area (Å²) in [5, 5.41) is 7.57. The Bertz CT molecular complexity index is 859. The van der Waals surface area contributed by atoms with E-state index in [9.17, 15) is 9.59 Å². The molecule has 4 amide bonds. The number of nitrogens with zero attached hydrogens (tertiary/aromatic N) is 3. The third-order valence-corrected chi connectivity index (χ3v) is 5.58. The number of ether oxygens (including phenoxy) is 1. The minimum atomic E-state index is -0.388. The normalized spacial score (nSPS) is 16.0. The molecule has 0 spiro atoms. The van der Waals surface area contributed by atoms with Gasteiger partial charge in [-0.1, -0.05) is 43.9 Å². The van der Waals surface area contributed by atoms with Gasteiger partial charge in [-0.2, -0.15) is 0 Å². The van der Waals surface area contributed by atoms with Crippen LogP contribution in [-0.2, 0) is 6.54 Å². The van der Waals surface area contributed by atoms with E-state index in [1.54, 1.807) is 0 Å². The van der Waals surface area contributed by atoms with Crippen LogP contribution in [0, 0.1) is 0 Å². The highest BCUT2D eigenvalue weighted by Crippen LogP contribution is 2.19. The maximum atomic E-state index is 12.8. The maximum absolute atomic E-state index is 12.8. The fraction of sp³-hybridized carbons (Fsp3) is 0.583. The monoisotopic (exact) mass is 488 g/mol. The van der Waals surface area contributed by atoms with E-state index in [2.05, 4.69) is 25.9 Å². The molecule has 2 rings (SSSR count). The molecule has 0 aliphatic carbocycles. The minimum absolute atomic E-state index is 0.102. The quantitative estimate of drug-likeness (QED) is 0.226. The van der Waals surface area contributed by atoms with Gasteiger partial charge in [-0.25, -0.2) is 14.6 Å². The second kappa shape index (κ2) is 16.2. The van der Waals surface area contributed by atoms with Gasteiger partial charge in [-0.05, 0) is 31.7 Å². The van der Waals surface area contributed by atoms with Gasteiger partial charge in [0.25, 0.3) is 0 Å². The number of para-hydroxylation sites is 1. The van der Waals surface area contributed by atoms with Crippen molar-refractivity contribution in [1.82, 2.24) is 20.9 Å². The highest BCUT2D eigenvalue weighted by molar-refractivity contribution is 5.95. The smallest absolute Gasteiger partial charge is 0.324 e. The standard InChI is InChI=1S/C24H40N8O3/c1-27-23(33)30-21(25)28-14-8-2-3-9-15-32-16-10-4-5-11-17-35-20-13-7-6-12-19(20)18-29-22(26)31-24(32)34/h6-7,12-13H,2-5,8-11,14-18H2,1H3,(H3,26,29,31,34)(H4,25,27,28,30,33). The number of hydrogen-bond acceptors (Lipinski definition) is 6. The lowest BCUT2D eigenvalue weighted by atomic mass is 10.1. The Hall–Kier alpha value is -3.50. The molecule has 0 saturated heterocycles. The summed E-state index contributed by atoms with van der Waals surface area (Å²) in [6.07, 6.45) is 7.61. The number of nitrogens with two attached hydrogens (primary N) is 2. The van der Waals surface area contributed by atoms with Crippen molar-refractivity contribution in [3.05, 3.63) is 29.8 Å². The molecule has 1 aliphatic heterocycles. The summed E-state index contributed by atoms with van der Waals surface area (Å²) in [5.74, 6) is 1.02. The van der Waals surface area contributed by atoms with Crippen molar-refractivity contribution in [3.63, 3.8) is 0 Å². The van der Waals surface area contributed by atoms with E-state index in [0.29, 0.717) is 32.8 Å². The molecule has 194 valence electrons. The van der Waals surface area contributed by atoms with Crippen LogP contribution >= 0.6 is 0 Å². The first-order valence-electron chi connectivity index (χ1n) is 12.3. The summed E-state index contributed by atoms with van der Waals surface area (Å²) in [5.41, 5.74) is 12.6. The molecule has 7 N–H and O–H groups in total. The lowest BCUT2D eigenvalue weighted by Crippen LogP contribution is -2.46. The van der Waals surface area contributed by atoms with Gasteiger partial charge >= 0.3 is 12.1 Å². The van der Waals surface area contributed by atoms with Gasteiger partial charge < -0.3 is 26.4 Å². The average Bonchev–Trinajstić information content (AvgIpc) is 2.85. The fourth-order valence-electron chi connectivity index (χ4n) is 3.61. The molecule has 0 saturated carbocycles. The average molecular weight is 489 g/mol. The van der Waals surface area contributed by atoms with Crippen molar-refractivity contribution < 1.29 is 14.3 Å². The van der Waals surface area contributed by atoms with Crippen molar-refractivity contribution in [2.24, 2.45) is 21.5 Å². The molecule has 0 aromatic heterocycles. The molecule has 1 heterocycles. The van der Waals surface area contributed by atoms with E-state index >= 15 is 0 Å². The third-order valence-electron chi connectivity index (χ3n) is 5.58. The molecule has 0 radical (unpaired) electrons. The number of carbonyl (C=O) groups excluding carboxylic acids is 2. The highest BCUT2D eigenvalue weighted by Gasteiger charge is 2.14. The summed E-state index contributed by atoms with van der Waals surface area (Å²) >= 11 is 0. The number of hydrogen-bond donors (Lipinski definition) is 5. The van der Waals surface area contributed by atoms with E-state index in [1.165, 1.54) is 7.05 Å². The van der Waals surface area contributed by atoms with Crippen molar-refractivity contribution in [3.8, 4) is 5.75 Å². The Balaban J connectivity index is 1.81. The SMILES string of the molecule is CNC(=O)NC(N)=NCCCCCCN1CCCCCCOc2ccccc2CN=C(N)NC1=O. The van der Waals surface area contributed by atoms with Crippen LogP contribution in [0.25, 0.3) is 0 Å². The lowest BCUT2D eigenvalue weighted by molar-refractivity contribution is 0.200. The minimum Gasteiger partial charge on any atom is -0.493 e. The van der Waals surface area contributed by atoms with Crippen LogP contribution in [0.5, 0.6) is 5.75 Å². The number of urea groups is 2. The number of rotatable bonds is 7.